The highest BCUT2D eigenvalue weighted by molar-refractivity contribution is 14.1. The molecule has 7 nitrogen and oxygen atoms in total. The van der Waals surface area contributed by atoms with Gasteiger partial charge in [-0.3, -0.25) is 13.9 Å². The summed E-state index contributed by atoms with van der Waals surface area (Å²) in [5.74, 6) is -0.719. The zero-order chi connectivity index (χ0) is 26.8. The van der Waals surface area contributed by atoms with Crippen molar-refractivity contribution < 1.29 is 18.0 Å². The average Bonchev–Trinajstić information content (AvgIpc) is 2.92. The molecule has 0 saturated heterocycles. The maximum atomic E-state index is 13.8. The number of carbonyl (C=O) groups excluding carboxylic acids is 2. The van der Waals surface area contributed by atoms with Crippen LogP contribution in [0.5, 0.6) is 0 Å². The van der Waals surface area contributed by atoms with E-state index < -0.39 is 28.5 Å². The summed E-state index contributed by atoms with van der Waals surface area (Å²) in [6.07, 6.45) is 1.30. The molecule has 37 heavy (non-hydrogen) atoms. The molecule has 9 heteroatoms. The number of benzene rings is 3. The summed E-state index contributed by atoms with van der Waals surface area (Å²) in [6, 6.07) is 23.9. The molecule has 0 saturated carbocycles. The predicted octanol–water partition coefficient (Wildman–Crippen LogP) is 4.47. The molecule has 0 spiro atoms. The highest BCUT2D eigenvalue weighted by Crippen LogP contribution is 2.25. The van der Waals surface area contributed by atoms with Gasteiger partial charge in [-0.15, -0.1) is 0 Å². The molecule has 0 aliphatic rings. The topological polar surface area (TPSA) is 86.8 Å². The van der Waals surface area contributed by atoms with Crippen LogP contribution in [0.2, 0.25) is 0 Å². The Balaban J connectivity index is 1.94. The van der Waals surface area contributed by atoms with E-state index in [9.17, 15) is 18.0 Å². The van der Waals surface area contributed by atoms with Gasteiger partial charge in [0, 0.05) is 16.7 Å². The van der Waals surface area contributed by atoms with E-state index in [0.29, 0.717) is 18.7 Å². The second-order valence-electron chi connectivity index (χ2n) is 8.59. The van der Waals surface area contributed by atoms with Crippen molar-refractivity contribution in [1.29, 1.82) is 0 Å². The largest absolute Gasteiger partial charge is 0.354 e. The lowest BCUT2D eigenvalue weighted by Gasteiger charge is -2.32. The quantitative estimate of drug-likeness (QED) is 0.299. The Morgan fingerprint density at radius 2 is 1.51 bits per heavy atom. The van der Waals surface area contributed by atoms with Crippen molar-refractivity contribution in [2.24, 2.45) is 0 Å². The molecule has 1 atom stereocenters. The van der Waals surface area contributed by atoms with E-state index in [-0.39, 0.29) is 17.3 Å². The minimum absolute atomic E-state index is 0.0888. The van der Waals surface area contributed by atoms with Crippen LogP contribution in [0.4, 0.5) is 5.69 Å². The number of hydrogen-bond acceptors (Lipinski definition) is 4. The first-order valence-corrected chi connectivity index (χ1v) is 14.7. The van der Waals surface area contributed by atoms with Crippen LogP contribution >= 0.6 is 22.6 Å². The molecule has 0 aromatic heterocycles. The Labute approximate surface area is 233 Å². The van der Waals surface area contributed by atoms with Crippen molar-refractivity contribution in [2.45, 2.75) is 37.6 Å². The number of hydrogen-bond donors (Lipinski definition) is 1. The van der Waals surface area contributed by atoms with Gasteiger partial charge < -0.3 is 10.2 Å². The number of amides is 2. The molecule has 0 aliphatic heterocycles. The normalized spacial score (nSPS) is 12.0. The van der Waals surface area contributed by atoms with Gasteiger partial charge in [0.05, 0.1) is 10.6 Å². The number of carbonyl (C=O) groups is 2. The highest BCUT2D eigenvalue weighted by atomic mass is 127. The molecular formula is C28H32IN3O4S. The van der Waals surface area contributed by atoms with E-state index in [4.69, 9.17) is 0 Å². The molecule has 3 rings (SSSR count). The summed E-state index contributed by atoms with van der Waals surface area (Å²) < 4.78 is 29.4. The van der Waals surface area contributed by atoms with Gasteiger partial charge in [-0.05, 0) is 84.3 Å². The molecule has 0 aliphatic carbocycles. The fourth-order valence-electron chi connectivity index (χ4n) is 3.82. The van der Waals surface area contributed by atoms with Crippen molar-refractivity contribution >= 4 is 50.1 Å². The molecule has 0 bridgehead atoms. The number of nitrogens with one attached hydrogen (secondary N) is 1. The summed E-state index contributed by atoms with van der Waals surface area (Å²) in [4.78, 5) is 28.1. The number of rotatable bonds is 12. The van der Waals surface area contributed by atoms with Crippen LogP contribution in [0.3, 0.4) is 0 Å². The summed E-state index contributed by atoms with van der Waals surface area (Å²) in [5.41, 5.74) is 1.40. The smallest absolute Gasteiger partial charge is 0.264 e. The first kappa shape index (κ1) is 28.6. The van der Waals surface area contributed by atoms with Gasteiger partial charge in [0.15, 0.2) is 0 Å². The molecule has 1 N–H and O–H groups in total. The number of halogens is 1. The van der Waals surface area contributed by atoms with Gasteiger partial charge >= 0.3 is 0 Å². The minimum Gasteiger partial charge on any atom is -0.354 e. The van der Waals surface area contributed by atoms with E-state index in [0.717, 1.165) is 19.9 Å². The molecule has 2 amide bonds. The molecule has 3 aromatic rings. The first-order valence-electron chi connectivity index (χ1n) is 12.2. The van der Waals surface area contributed by atoms with Crippen molar-refractivity contribution in [3.63, 3.8) is 0 Å². The van der Waals surface area contributed by atoms with Crippen molar-refractivity contribution in [1.82, 2.24) is 10.2 Å². The first-order chi connectivity index (χ1) is 17.7. The Bertz CT molecular complexity index is 1270. The van der Waals surface area contributed by atoms with Gasteiger partial charge in [0.25, 0.3) is 10.0 Å². The van der Waals surface area contributed by atoms with Crippen LogP contribution in [0.1, 0.15) is 25.8 Å². The number of anilines is 1. The molecule has 3 aromatic carbocycles. The summed E-state index contributed by atoms with van der Waals surface area (Å²) in [7, 11) is -4.04. The maximum Gasteiger partial charge on any atom is 0.264 e. The van der Waals surface area contributed by atoms with Gasteiger partial charge in [-0.1, -0.05) is 55.5 Å². The van der Waals surface area contributed by atoms with Gasteiger partial charge in [0.2, 0.25) is 11.8 Å². The standard InChI is InChI=1S/C28H32IN3O4S/c1-3-19-30-28(34)22(2)31(20-18-23-10-6-4-7-11-23)27(33)21-32(25-16-14-24(29)15-17-25)37(35,36)26-12-8-5-9-13-26/h4-17,22H,3,18-21H2,1-2H3,(H,30,34)/t22-/m1/s1. The van der Waals surface area contributed by atoms with Crippen molar-refractivity contribution in [2.75, 3.05) is 23.9 Å². The van der Waals surface area contributed by atoms with Gasteiger partial charge in [-0.25, -0.2) is 8.42 Å². The third kappa shape index (κ3) is 7.78. The van der Waals surface area contributed by atoms with Crippen LogP contribution in [-0.4, -0.2) is 50.8 Å². The van der Waals surface area contributed by atoms with Crippen LogP contribution in [0.25, 0.3) is 0 Å². The third-order valence-electron chi connectivity index (χ3n) is 5.93. The summed E-state index contributed by atoms with van der Waals surface area (Å²) in [5, 5.41) is 2.85. The average molecular weight is 634 g/mol. The molecule has 0 heterocycles. The fraction of sp³-hybridized carbons (Fsp3) is 0.286. The summed E-state index contributed by atoms with van der Waals surface area (Å²) >= 11 is 2.14. The third-order valence-corrected chi connectivity index (χ3v) is 8.43. The maximum absolute atomic E-state index is 13.8. The lowest BCUT2D eigenvalue weighted by atomic mass is 10.1. The highest BCUT2D eigenvalue weighted by Gasteiger charge is 2.32. The van der Waals surface area contributed by atoms with Crippen molar-refractivity contribution in [3.8, 4) is 0 Å². The lowest BCUT2D eigenvalue weighted by molar-refractivity contribution is -0.138. The van der Waals surface area contributed by atoms with Crippen LogP contribution in [-0.2, 0) is 26.0 Å². The second kappa shape index (κ2) is 13.6. The van der Waals surface area contributed by atoms with Crippen LogP contribution < -0.4 is 9.62 Å². The number of nitrogens with zero attached hydrogens (tertiary/aromatic N) is 2. The van der Waals surface area contributed by atoms with Crippen LogP contribution in [0.15, 0.2) is 89.8 Å². The second-order valence-corrected chi connectivity index (χ2v) is 11.7. The SMILES string of the molecule is CCCNC(=O)[C@@H](C)N(CCc1ccccc1)C(=O)CN(c1ccc(I)cc1)S(=O)(=O)c1ccccc1. The van der Waals surface area contributed by atoms with Crippen LogP contribution in [0, 0.1) is 3.57 Å². The van der Waals surface area contributed by atoms with E-state index >= 15 is 0 Å². The van der Waals surface area contributed by atoms with E-state index in [1.54, 1.807) is 49.4 Å². The Kier molecular flexibility index (Phi) is 10.5. The zero-order valence-corrected chi connectivity index (χ0v) is 24.0. The van der Waals surface area contributed by atoms with E-state index in [2.05, 4.69) is 27.9 Å². The van der Waals surface area contributed by atoms with Gasteiger partial charge in [0.1, 0.15) is 12.6 Å². The summed E-state index contributed by atoms with van der Waals surface area (Å²) in [6.45, 7) is 3.97. The monoisotopic (exact) mass is 633 g/mol. The number of sulfonamides is 1. The van der Waals surface area contributed by atoms with Crippen molar-refractivity contribution in [3.05, 3.63) is 94.1 Å². The fourth-order valence-corrected chi connectivity index (χ4v) is 5.62. The predicted molar refractivity (Wildman–Crippen MR) is 155 cm³/mol. The Morgan fingerprint density at radius 3 is 2.11 bits per heavy atom. The Hall–Kier alpha value is -2.92. The zero-order valence-electron chi connectivity index (χ0n) is 21.0. The molecule has 0 fully saturated rings. The Morgan fingerprint density at radius 1 is 0.919 bits per heavy atom. The molecule has 0 unspecified atom stereocenters. The van der Waals surface area contributed by atoms with E-state index in [1.165, 1.54) is 17.0 Å². The molecule has 196 valence electrons. The molecular weight excluding hydrogens is 601 g/mol. The van der Waals surface area contributed by atoms with E-state index in [1.807, 2.05) is 37.3 Å². The minimum atomic E-state index is -4.04. The molecule has 0 radical (unpaired) electrons. The lowest BCUT2D eigenvalue weighted by Crippen LogP contribution is -2.52. The van der Waals surface area contributed by atoms with Gasteiger partial charge in [-0.2, -0.15) is 0 Å².